The molecule has 116 valence electrons. The van der Waals surface area contributed by atoms with Crippen molar-refractivity contribution in [1.82, 2.24) is 0 Å². The fourth-order valence-corrected chi connectivity index (χ4v) is 3.90. The van der Waals surface area contributed by atoms with Crippen LogP contribution in [0.4, 0.5) is 0 Å². The first-order valence-electron chi connectivity index (χ1n) is 8.02. The SMILES string of the molecule is CC1C(=O)[C@H]2CC[C@@H](O)[C@H](C#C[C@@H](O)Cc3ccccc3)[C@@H]12. The molecule has 3 heteroatoms. The summed E-state index contributed by atoms with van der Waals surface area (Å²) in [6, 6.07) is 9.74. The standard InChI is InChI=1S/C19H22O3/c1-12-18-15(17(21)10-9-16(18)19(12)22)8-7-14(20)11-13-5-3-2-4-6-13/h2-6,12,14-18,20-21H,9-11H2,1H3/t12?,14-,15+,16+,17-,18-/m1/s1. The van der Waals surface area contributed by atoms with E-state index in [1.54, 1.807) is 0 Å². The van der Waals surface area contributed by atoms with Gasteiger partial charge in [0.15, 0.2) is 0 Å². The van der Waals surface area contributed by atoms with Crippen LogP contribution in [-0.4, -0.2) is 28.2 Å². The van der Waals surface area contributed by atoms with E-state index in [0.717, 1.165) is 12.0 Å². The highest BCUT2D eigenvalue weighted by atomic mass is 16.3. The van der Waals surface area contributed by atoms with Crippen molar-refractivity contribution in [1.29, 1.82) is 0 Å². The second-order valence-corrected chi connectivity index (χ2v) is 6.54. The molecular weight excluding hydrogens is 276 g/mol. The number of hydrogen-bond acceptors (Lipinski definition) is 3. The molecule has 0 heterocycles. The van der Waals surface area contributed by atoms with E-state index in [2.05, 4.69) is 11.8 Å². The third kappa shape index (κ3) is 2.82. The molecule has 0 saturated heterocycles. The van der Waals surface area contributed by atoms with E-state index in [1.807, 2.05) is 37.3 Å². The highest BCUT2D eigenvalue weighted by Crippen LogP contribution is 2.49. The summed E-state index contributed by atoms with van der Waals surface area (Å²) in [6.07, 6.45) is 0.682. The molecule has 1 aromatic rings. The second kappa shape index (κ2) is 6.24. The van der Waals surface area contributed by atoms with Crippen molar-refractivity contribution in [3.63, 3.8) is 0 Å². The van der Waals surface area contributed by atoms with Gasteiger partial charge in [-0.3, -0.25) is 4.79 Å². The van der Waals surface area contributed by atoms with Crippen LogP contribution in [0.3, 0.4) is 0 Å². The van der Waals surface area contributed by atoms with E-state index in [9.17, 15) is 15.0 Å². The summed E-state index contributed by atoms with van der Waals surface area (Å²) in [6.45, 7) is 1.93. The maximum atomic E-state index is 11.8. The van der Waals surface area contributed by atoms with Crippen molar-refractivity contribution in [3.8, 4) is 11.8 Å². The first-order chi connectivity index (χ1) is 10.6. The van der Waals surface area contributed by atoms with Crippen LogP contribution in [0.25, 0.3) is 0 Å². The van der Waals surface area contributed by atoms with E-state index >= 15 is 0 Å². The second-order valence-electron chi connectivity index (χ2n) is 6.54. The zero-order valence-electron chi connectivity index (χ0n) is 12.8. The summed E-state index contributed by atoms with van der Waals surface area (Å²) in [5.41, 5.74) is 1.04. The maximum absolute atomic E-state index is 11.8. The van der Waals surface area contributed by atoms with Gasteiger partial charge in [0.25, 0.3) is 0 Å². The van der Waals surface area contributed by atoms with Gasteiger partial charge in [-0.15, -0.1) is 0 Å². The number of aliphatic hydroxyl groups excluding tert-OH is 2. The number of ketones is 1. The minimum atomic E-state index is -0.735. The van der Waals surface area contributed by atoms with Gasteiger partial charge in [-0.25, -0.2) is 0 Å². The number of rotatable bonds is 2. The molecule has 1 unspecified atom stereocenters. The molecule has 2 aliphatic carbocycles. The van der Waals surface area contributed by atoms with E-state index in [0.29, 0.717) is 18.6 Å². The van der Waals surface area contributed by atoms with Gasteiger partial charge in [0.05, 0.1) is 12.0 Å². The van der Waals surface area contributed by atoms with Crippen molar-refractivity contribution >= 4 is 5.78 Å². The van der Waals surface area contributed by atoms with Crippen molar-refractivity contribution < 1.29 is 15.0 Å². The molecule has 6 atom stereocenters. The minimum absolute atomic E-state index is 0.00878. The third-order valence-corrected chi connectivity index (χ3v) is 5.15. The number of Topliss-reactive ketones (excluding diaryl/α,β-unsaturated/α-hetero) is 1. The predicted octanol–water partition coefficient (Wildman–Crippen LogP) is 1.82. The van der Waals surface area contributed by atoms with Crippen molar-refractivity contribution in [2.75, 3.05) is 0 Å². The molecule has 0 spiro atoms. The van der Waals surface area contributed by atoms with Gasteiger partial charge in [0.1, 0.15) is 11.9 Å². The quantitative estimate of drug-likeness (QED) is 0.819. The fraction of sp³-hybridized carbons (Fsp3) is 0.526. The first kappa shape index (κ1) is 15.3. The van der Waals surface area contributed by atoms with Gasteiger partial charge in [0.2, 0.25) is 0 Å². The Labute approximate surface area is 131 Å². The smallest absolute Gasteiger partial charge is 0.139 e. The first-order valence-corrected chi connectivity index (χ1v) is 8.02. The summed E-state index contributed by atoms with van der Waals surface area (Å²) >= 11 is 0. The normalized spacial score (nSPS) is 34.9. The number of aliphatic hydroxyl groups is 2. The third-order valence-electron chi connectivity index (χ3n) is 5.15. The maximum Gasteiger partial charge on any atom is 0.139 e. The molecule has 2 saturated carbocycles. The lowest BCUT2D eigenvalue weighted by molar-refractivity contribution is -0.151. The summed E-state index contributed by atoms with van der Waals surface area (Å²) in [7, 11) is 0. The average molecular weight is 298 g/mol. The molecule has 0 aliphatic heterocycles. The molecule has 3 rings (SSSR count). The Bertz CT molecular complexity index is 598. The lowest BCUT2D eigenvalue weighted by atomic mass is 9.53. The molecule has 22 heavy (non-hydrogen) atoms. The zero-order chi connectivity index (χ0) is 15.7. The van der Waals surface area contributed by atoms with Crippen LogP contribution >= 0.6 is 0 Å². The van der Waals surface area contributed by atoms with E-state index < -0.39 is 12.2 Å². The lowest BCUT2D eigenvalue weighted by Crippen LogP contribution is -2.55. The van der Waals surface area contributed by atoms with Crippen LogP contribution in [-0.2, 0) is 11.2 Å². The average Bonchev–Trinajstić information content (AvgIpc) is 2.53. The zero-order valence-corrected chi connectivity index (χ0v) is 12.8. The Morgan fingerprint density at radius 1 is 1.27 bits per heavy atom. The van der Waals surface area contributed by atoms with E-state index in [-0.39, 0.29) is 23.7 Å². The predicted molar refractivity (Wildman–Crippen MR) is 83.8 cm³/mol. The van der Waals surface area contributed by atoms with Gasteiger partial charge in [0, 0.05) is 18.3 Å². The summed E-state index contributed by atoms with van der Waals surface area (Å²) in [4.78, 5) is 11.8. The van der Waals surface area contributed by atoms with Gasteiger partial charge in [-0.05, 0) is 24.3 Å². The number of hydrogen-bond donors (Lipinski definition) is 2. The van der Waals surface area contributed by atoms with E-state index in [1.165, 1.54) is 0 Å². The molecule has 0 aromatic heterocycles. The van der Waals surface area contributed by atoms with Gasteiger partial charge in [-0.1, -0.05) is 49.1 Å². The Morgan fingerprint density at radius 2 is 2.00 bits per heavy atom. The van der Waals surface area contributed by atoms with Gasteiger partial charge in [-0.2, -0.15) is 0 Å². The molecule has 3 nitrogen and oxygen atoms in total. The number of benzene rings is 1. The van der Waals surface area contributed by atoms with E-state index in [4.69, 9.17) is 0 Å². The number of fused-ring (bicyclic) bond motifs is 1. The molecule has 2 N–H and O–H groups in total. The summed E-state index contributed by atoms with van der Waals surface area (Å²) < 4.78 is 0. The number of carbonyl (C=O) groups is 1. The van der Waals surface area contributed by atoms with Crippen molar-refractivity contribution in [2.45, 2.75) is 38.4 Å². The highest BCUT2D eigenvalue weighted by molar-refractivity contribution is 5.90. The van der Waals surface area contributed by atoms with Crippen LogP contribution in [0, 0.1) is 35.5 Å². The van der Waals surface area contributed by atoms with Gasteiger partial charge < -0.3 is 10.2 Å². The summed E-state index contributed by atoms with van der Waals surface area (Å²) in [5.74, 6) is 6.31. The van der Waals surface area contributed by atoms with Crippen LogP contribution in [0.15, 0.2) is 30.3 Å². The molecule has 2 fully saturated rings. The topological polar surface area (TPSA) is 57.5 Å². The molecule has 0 amide bonds. The Kier molecular flexibility index (Phi) is 4.33. The monoisotopic (exact) mass is 298 g/mol. The molecular formula is C19H22O3. The summed E-state index contributed by atoms with van der Waals surface area (Å²) in [5, 5.41) is 20.3. The van der Waals surface area contributed by atoms with Crippen molar-refractivity contribution in [3.05, 3.63) is 35.9 Å². The molecule has 1 aromatic carbocycles. The Balaban J connectivity index is 1.68. The Morgan fingerprint density at radius 3 is 2.73 bits per heavy atom. The Hall–Kier alpha value is -1.63. The van der Waals surface area contributed by atoms with Crippen LogP contribution in [0.2, 0.25) is 0 Å². The fourth-order valence-electron chi connectivity index (χ4n) is 3.90. The van der Waals surface area contributed by atoms with Crippen molar-refractivity contribution in [2.24, 2.45) is 23.7 Å². The minimum Gasteiger partial charge on any atom is -0.392 e. The molecule has 0 radical (unpaired) electrons. The largest absolute Gasteiger partial charge is 0.392 e. The lowest BCUT2D eigenvalue weighted by Gasteiger charge is -2.49. The van der Waals surface area contributed by atoms with Crippen LogP contribution in [0.5, 0.6) is 0 Å². The van der Waals surface area contributed by atoms with Crippen LogP contribution in [0.1, 0.15) is 25.3 Å². The number of carbonyl (C=O) groups excluding carboxylic acids is 1. The highest BCUT2D eigenvalue weighted by Gasteiger charge is 2.54. The molecule has 0 bridgehead atoms. The van der Waals surface area contributed by atoms with Crippen LogP contribution < -0.4 is 0 Å². The molecule has 2 aliphatic rings. The van der Waals surface area contributed by atoms with Gasteiger partial charge >= 0.3 is 0 Å².